The lowest BCUT2D eigenvalue weighted by Crippen LogP contribution is -2.21. The average molecular weight is 277 g/mol. The van der Waals surface area contributed by atoms with Crippen molar-refractivity contribution < 1.29 is 17.9 Å². The molecule has 0 spiro atoms. The summed E-state index contributed by atoms with van der Waals surface area (Å²) in [6, 6.07) is 0.459. The minimum atomic E-state index is -4.26. The van der Waals surface area contributed by atoms with Gasteiger partial charge in [-0.25, -0.2) is 4.98 Å². The van der Waals surface area contributed by atoms with E-state index >= 15 is 0 Å². The number of alkyl halides is 3. The van der Waals surface area contributed by atoms with Crippen molar-refractivity contribution in [3.8, 4) is 0 Å². The van der Waals surface area contributed by atoms with Crippen LogP contribution in [0.5, 0.6) is 0 Å². The molecule has 0 bridgehead atoms. The number of imidazole rings is 1. The van der Waals surface area contributed by atoms with Crippen molar-refractivity contribution in [2.75, 3.05) is 25.1 Å². The molecule has 1 N–H and O–H groups in total. The number of hydrogen-bond acceptors (Lipinski definition) is 3. The first-order chi connectivity index (χ1) is 9.06. The maximum atomic E-state index is 11.9. The molecule has 1 aliphatic carbocycles. The van der Waals surface area contributed by atoms with Gasteiger partial charge in [0.2, 0.25) is 5.95 Å². The van der Waals surface area contributed by atoms with Crippen LogP contribution in [0.1, 0.15) is 31.7 Å². The molecule has 1 aromatic rings. The monoisotopic (exact) mass is 277 g/mol. The van der Waals surface area contributed by atoms with E-state index in [-0.39, 0.29) is 6.61 Å². The Hall–Kier alpha value is -1.24. The number of hydrogen-bond donors (Lipinski definition) is 1. The Morgan fingerprint density at radius 1 is 1.37 bits per heavy atom. The van der Waals surface area contributed by atoms with Gasteiger partial charge in [-0.05, 0) is 12.8 Å². The van der Waals surface area contributed by atoms with Crippen molar-refractivity contribution in [1.29, 1.82) is 0 Å². The zero-order valence-corrected chi connectivity index (χ0v) is 10.6. The lowest BCUT2D eigenvalue weighted by Gasteiger charge is -2.15. The van der Waals surface area contributed by atoms with Crippen LogP contribution in [0, 0.1) is 0 Å². The highest BCUT2D eigenvalue weighted by Gasteiger charge is 2.27. The number of nitrogens with one attached hydrogen (secondary N) is 1. The second kappa shape index (κ2) is 6.27. The Bertz CT molecular complexity index is 386. The summed E-state index contributed by atoms with van der Waals surface area (Å²) >= 11 is 0. The molecule has 7 heteroatoms. The predicted molar refractivity (Wildman–Crippen MR) is 65.1 cm³/mol. The van der Waals surface area contributed by atoms with Gasteiger partial charge in [0, 0.05) is 25.0 Å². The van der Waals surface area contributed by atoms with E-state index in [1.807, 2.05) is 6.20 Å². The topological polar surface area (TPSA) is 39.1 Å². The highest BCUT2D eigenvalue weighted by atomic mass is 19.4. The molecule has 2 rings (SSSR count). The van der Waals surface area contributed by atoms with Crippen molar-refractivity contribution in [2.45, 2.75) is 37.9 Å². The normalized spacial score (nSPS) is 17.0. The van der Waals surface area contributed by atoms with Crippen LogP contribution in [0.2, 0.25) is 0 Å². The first-order valence-corrected chi connectivity index (χ1v) is 6.47. The highest BCUT2D eigenvalue weighted by Crippen LogP contribution is 2.31. The van der Waals surface area contributed by atoms with Crippen molar-refractivity contribution in [3.05, 3.63) is 12.4 Å². The van der Waals surface area contributed by atoms with E-state index in [1.54, 1.807) is 6.20 Å². The summed E-state index contributed by atoms with van der Waals surface area (Å²) < 4.78 is 42.2. The molecule has 1 saturated carbocycles. The van der Waals surface area contributed by atoms with E-state index in [2.05, 4.69) is 19.6 Å². The molecule has 0 amide bonds. The van der Waals surface area contributed by atoms with E-state index in [1.165, 1.54) is 12.8 Å². The SMILES string of the molecule is FC(F)(F)COCCNc1nccn1C1CCCC1. The molecule has 0 atom stereocenters. The number of anilines is 1. The third-order valence-electron chi connectivity index (χ3n) is 3.18. The van der Waals surface area contributed by atoms with Gasteiger partial charge in [0.25, 0.3) is 0 Å². The van der Waals surface area contributed by atoms with Gasteiger partial charge in [-0.15, -0.1) is 0 Å². The van der Waals surface area contributed by atoms with E-state index < -0.39 is 12.8 Å². The van der Waals surface area contributed by atoms with Gasteiger partial charge in [-0.1, -0.05) is 12.8 Å². The van der Waals surface area contributed by atoms with Crippen LogP contribution >= 0.6 is 0 Å². The number of rotatable bonds is 6. The Kier molecular flexibility index (Phi) is 4.68. The number of halogens is 3. The summed E-state index contributed by atoms with van der Waals surface area (Å²) in [7, 11) is 0. The Balaban J connectivity index is 1.73. The van der Waals surface area contributed by atoms with Crippen molar-refractivity contribution in [3.63, 3.8) is 0 Å². The fourth-order valence-corrected chi connectivity index (χ4v) is 2.35. The highest BCUT2D eigenvalue weighted by molar-refractivity contribution is 5.26. The fraction of sp³-hybridized carbons (Fsp3) is 0.750. The van der Waals surface area contributed by atoms with Gasteiger partial charge >= 0.3 is 6.18 Å². The third kappa shape index (κ3) is 4.41. The van der Waals surface area contributed by atoms with Gasteiger partial charge in [-0.3, -0.25) is 0 Å². The predicted octanol–water partition coefficient (Wildman–Crippen LogP) is 2.99. The van der Waals surface area contributed by atoms with Gasteiger partial charge < -0.3 is 14.6 Å². The lowest BCUT2D eigenvalue weighted by atomic mass is 10.2. The number of nitrogens with zero attached hydrogens (tertiary/aromatic N) is 2. The van der Waals surface area contributed by atoms with Gasteiger partial charge in [0.15, 0.2) is 0 Å². The molecule has 108 valence electrons. The van der Waals surface area contributed by atoms with E-state index in [0.717, 1.165) is 12.8 Å². The molecule has 1 fully saturated rings. The molecular formula is C12H18F3N3O. The van der Waals surface area contributed by atoms with Crippen LogP contribution in [-0.4, -0.2) is 35.5 Å². The molecule has 0 unspecified atom stereocenters. The summed E-state index contributed by atoms with van der Waals surface area (Å²) in [5.41, 5.74) is 0. The third-order valence-corrected chi connectivity index (χ3v) is 3.18. The maximum absolute atomic E-state index is 11.9. The maximum Gasteiger partial charge on any atom is 0.411 e. The second-order valence-electron chi connectivity index (χ2n) is 4.69. The summed E-state index contributed by atoms with van der Waals surface area (Å²) in [4.78, 5) is 4.18. The van der Waals surface area contributed by atoms with E-state index in [9.17, 15) is 13.2 Å². The minimum absolute atomic E-state index is 0.0109. The lowest BCUT2D eigenvalue weighted by molar-refractivity contribution is -0.172. The smallest absolute Gasteiger partial charge is 0.370 e. The molecule has 1 heterocycles. The number of ether oxygens (including phenoxy) is 1. The Morgan fingerprint density at radius 2 is 2.11 bits per heavy atom. The molecule has 0 aliphatic heterocycles. The minimum Gasteiger partial charge on any atom is -0.370 e. The van der Waals surface area contributed by atoms with Crippen LogP contribution < -0.4 is 5.32 Å². The summed E-state index contributed by atoms with van der Waals surface area (Å²) in [6.07, 6.45) is 4.06. The van der Waals surface area contributed by atoms with Crippen molar-refractivity contribution in [1.82, 2.24) is 9.55 Å². The molecule has 1 aliphatic rings. The Labute approximate surface area is 110 Å². The molecule has 0 aromatic carbocycles. The standard InChI is InChI=1S/C12H18F3N3O/c13-12(14,15)9-19-8-6-17-11-16-5-7-18(11)10-3-1-2-4-10/h5,7,10H,1-4,6,8-9H2,(H,16,17). The fourth-order valence-electron chi connectivity index (χ4n) is 2.35. The summed E-state index contributed by atoms with van der Waals surface area (Å²) in [5, 5.41) is 3.02. The average Bonchev–Trinajstić information content (AvgIpc) is 2.96. The van der Waals surface area contributed by atoms with Crippen molar-refractivity contribution in [2.24, 2.45) is 0 Å². The van der Waals surface area contributed by atoms with E-state index in [4.69, 9.17) is 0 Å². The molecular weight excluding hydrogens is 259 g/mol. The largest absolute Gasteiger partial charge is 0.411 e. The summed E-state index contributed by atoms with van der Waals surface area (Å²) in [6.45, 7) is -0.872. The Morgan fingerprint density at radius 3 is 2.79 bits per heavy atom. The van der Waals surface area contributed by atoms with Crippen LogP contribution in [0.3, 0.4) is 0 Å². The molecule has 0 saturated heterocycles. The van der Waals surface area contributed by atoms with E-state index in [0.29, 0.717) is 18.5 Å². The first-order valence-electron chi connectivity index (χ1n) is 6.47. The molecule has 4 nitrogen and oxygen atoms in total. The van der Waals surface area contributed by atoms with Gasteiger partial charge in [0.05, 0.1) is 6.61 Å². The van der Waals surface area contributed by atoms with Crippen LogP contribution in [-0.2, 0) is 4.74 Å². The quantitative estimate of drug-likeness (QED) is 0.812. The summed E-state index contributed by atoms with van der Waals surface area (Å²) in [5.74, 6) is 0.711. The van der Waals surface area contributed by atoms with Crippen LogP contribution in [0.4, 0.5) is 19.1 Å². The molecule has 1 aromatic heterocycles. The van der Waals surface area contributed by atoms with Crippen molar-refractivity contribution >= 4 is 5.95 Å². The zero-order chi connectivity index (χ0) is 13.7. The second-order valence-corrected chi connectivity index (χ2v) is 4.69. The van der Waals surface area contributed by atoms with Gasteiger partial charge in [-0.2, -0.15) is 13.2 Å². The first kappa shape index (κ1) is 14.2. The van der Waals surface area contributed by atoms with Crippen LogP contribution in [0.15, 0.2) is 12.4 Å². The molecule has 19 heavy (non-hydrogen) atoms. The van der Waals surface area contributed by atoms with Gasteiger partial charge in [0.1, 0.15) is 6.61 Å². The van der Waals surface area contributed by atoms with Crippen LogP contribution in [0.25, 0.3) is 0 Å². The number of aromatic nitrogens is 2. The molecule has 0 radical (unpaired) electrons. The zero-order valence-electron chi connectivity index (χ0n) is 10.6.